The van der Waals surface area contributed by atoms with E-state index in [1.165, 1.54) is 6.42 Å². The van der Waals surface area contributed by atoms with Crippen molar-refractivity contribution >= 4 is 0 Å². The van der Waals surface area contributed by atoms with Crippen molar-refractivity contribution in [3.8, 4) is 11.5 Å². The quantitative estimate of drug-likeness (QED) is 0.337. The van der Waals surface area contributed by atoms with Gasteiger partial charge < -0.3 is 9.47 Å². The fourth-order valence-corrected chi connectivity index (χ4v) is 5.90. The molecule has 0 radical (unpaired) electrons. The Morgan fingerprint density at radius 3 is 1.63 bits per heavy atom. The van der Waals surface area contributed by atoms with Gasteiger partial charge in [0, 0.05) is 0 Å². The smallest absolute Gasteiger partial charge is 0.420 e. The molecule has 2 nitrogen and oxygen atoms in total. The highest BCUT2D eigenvalue weighted by atomic mass is 19.4. The molecule has 1 aromatic carbocycles. The molecule has 0 bridgehead atoms. The predicted molar refractivity (Wildman–Crippen MR) is 114 cm³/mol. The van der Waals surface area contributed by atoms with Crippen LogP contribution in [-0.4, -0.2) is 13.2 Å². The zero-order valence-corrected chi connectivity index (χ0v) is 19.9. The Morgan fingerprint density at radius 2 is 1.17 bits per heavy atom. The third kappa shape index (κ3) is 6.53. The maximum atomic E-state index is 15.0. The van der Waals surface area contributed by atoms with Gasteiger partial charge in [0.2, 0.25) is 0 Å². The van der Waals surface area contributed by atoms with Crippen LogP contribution in [0.3, 0.4) is 0 Å². The van der Waals surface area contributed by atoms with Gasteiger partial charge in [-0.15, -0.1) is 0 Å². The first kappa shape index (κ1) is 27.8. The average molecular weight is 517 g/mol. The number of benzene rings is 1. The highest BCUT2D eigenvalue weighted by Crippen LogP contribution is 2.51. The van der Waals surface area contributed by atoms with Crippen LogP contribution in [0.2, 0.25) is 0 Å². The van der Waals surface area contributed by atoms with Gasteiger partial charge in [-0.05, 0) is 68.4 Å². The predicted octanol–water partition coefficient (Wildman–Crippen LogP) is 9.12. The van der Waals surface area contributed by atoms with Crippen molar-refractivity contribution in [1.82, 2.24) is 0 Å². The van der Waals surface area contributed by atoms with E-state index in [4.69, 9.17) is 0 Å². The van der Waals surface area contributed by atoms with Gasteiger partial charge in [-0.3, -0.25) is 0 Å². The van der Waals surface area contributed by atoms with E-state index in [0.29, 0.717) is 30.9 Å². The van der Waals surface area contributed by atoms with Crippen LogP contribution >= 0.6 is 0 Å². The van der Waals surface area contributed by atoms with E-state index in [2.05, 4.69) is 16.4 Å². The van der Waals surface area contributed by atoms with Crippen molar-refractivity contribution in [1.29, 1.82) is 0 Å². The van der Waals surface area contributed by atoms with Crippen LogP contribution in [-0.2, 0) is 12.4 Å². The molecule has 0 atom stereocenters. The molecule has 0 amide bonds. The summed E-state index contributed by atoms with van der Waals surface area (Å²) >= 11 is 0. The molecule has 0 saturated heterocycles. The number of hydrogen-bond acceptors (Lipinski definition) is 2. The van der Waals surface area contributed by atoms with Crippen LogP contribution in [0.4, 0.5) is 35.1 Å². The zero-order valence-electron chi connectivity index (χ0n) is 19.9. The van der Waals surface area contributed by atoms with Crippen molar-refractivity contribution < 1.29 is 44.6 Å². The Kier molecular flexibility index (Phi) is 8.52. The second-order valence-corrected chi connectivity index (χ2v) is 9.86. The van der Waals surface area contributed by atoms with Crippen molar-refractivity contribution in [3.63, 3.8) is 0 Å². The minimum atomic E-state index is -5.58. The van der Waals surface area contributed by atoms with Crippen LogP contribution in [0.1, 0.15) is 82.3 Å². The van der Waals surface area contributed by atoms with Crippen molar-refractivity contribution in [3.05, 3.63) is 23.3 Å². The van der Waals surface area contributed by atoms with Gasteiger partial charge in [0.05, 0.1) is 13.0 Å². The number of ether oxygens (including phenoxy) is 2. The molecule has 35 heavy (non-hydrogen) atoms. The highest BCUT2D eigenvalue weighted by Gasteiger charge is 2.51. The summed E-state index contributed by atoms with van der Waals surface area (Å²) in [6.45, 7) is 2.16. The van der Waals surface area contributed by atoms with E-state index in [1.54, 1.807) is 0 Å². The molecular weight excluding hydrogens is 484 g/mol. The first-order valence-electron chi connectivity index (χ1n) is 12.2. The first-order valence-corrected chi connectivity index (χ1v) is 12.2. The molecule has 0 N–H and O–H groups in total. The third-order valence-corrected chi connectivity index (χ3v) is 7.66. The summed E-state index contributed by atoms with van der Waals surface area (Å²) in [6, 6.07) is 1.03. The van der Waals surface area contributed by atoms with Gasteiger partial charge in [-0.25, -0.2) is 0 Å². The zero-order chi connectivity index (χ0) is 26.0. The molecule has 2 aliphatic carbocycles. The standard InChI is InChI=1S/C25H32F8O2/c1-3-4-15-5-7-16(8-6-15)17-9-11-18(12-10-17)25(32,33)35-20-14-13-19(34-2)21(23(26,27)28)22(20)24(29,30)31/h13-18H,3-12H2,1-2H3/t15-,16-,17?,18?. The molecule has 0 spiro atoms. The maximum Gasteiger partial charge on any atom is 0.420 e. The molecule has 0 heterocycles. The lowest BCUT2D eigenvalue weighted by atomic mass is 9.68. The third-order valence-electron chi connectivity index (χ3n) is 7.66. The van der Waals surface area contributed by atoms with E-state index in [0.717, 1.165) is 45.1 Å². The number of halogens is 8. The number of hydrogen-bond donors (Lipinski definition) is 0. The highest BCUT2D eigenvalue weighted by molar-refractivity contribution is 5.52. The number of alkyl halides is 8. The van der Waals surface area contributed by atoms with Gasteiger partial charge in [0.1, 0.15) is 22.6 Å². The Bertz CT molecular complexity index is 833. The van der Waals surface area contributed by atoms with Gasteiger partial charge >= 0.3 is 18.5 Å². The largest absolute Gasteiger partial charge is 0.496 e. The lowest BCUT2D eigenvalue weighted by Crippen LogP contribution is -2.39. The second-order valence-electron chi connectivity index (χ2n) is 9.86. The number of rotatable bonds is 7. The lowest BCUT2D eigenvalue weighted by Gasteiger charge is -2.39. The Hall–Kier alpha value is -1.74. The summed E-state index contributed by atoms with van der Waals surface area (Å²) in [5.41, 5.74) is -4.48. The topological polar surface area (TPSA) is 18.5 Å². The molecule has 200 valence electrons. The molecule has 2 fully saturated rings. The lowest BCUT2D eigenvalue weighted by molar-refractivity contribution is -0.228. The van der Waals surface area contributed by atoms with Gasteiger partial charge in [-0.2, -0.15) is 35.1 Å². The van der Waals surface area contributed by atoms with Gasteiger partial charge in [0.25, 0.3) is 0 Å². The van der Waals surface area contributed by atoms with Crippen LogP contribution < -0.4 is 9.47 Å². The summed E-state index contributed by atoms with van der Waals surface area (Å²) in [6.07, 6.45) is -7.25. The van der Waals surface area contributed by atoms with Crippen LogP contribution in [0, 0.1) is 23.7 Å². The Balaban J connectivity index is 1.73. The maximum absolute atomic E-state index is 15.0. The van der Waals surface area contributed by atoms with Gasteiger partial charge in [-0.1, -0.05) is 32.6 Å². The van der Waals surface area contributed by atoms with E-state index in [1.807, 2.05) is 0 Å². The summed E-state index contributed by atoms with van der Waals surface area (Å²) < 4.78 is 120. The summed E-state index contributed by atoms with van der Waals surface area (Å²) in [4.78, 5) is 0. The summed E-state index contributed by atoms with van der Waals surface area (Å²) in [5.74, 6) is -2.56. The van der Waals surface area contributed by atoms with Crippen molar-refractivity contribution in [2.75, 3.05) is 7.11 Å². The van der Waals surface area contributed by atoms with E-state index >= 15 is 0 Å². The molecule has 10 heteroatoms. The minimum absolute atomic E-state index is 0.0518. The Labute approximate surface area is 200 Å². The van der Waals surface area contributed by atoms with Crippen LogP contribution in [0.5, 0.6) is 11.5 Å². The molecule has 3 rings (SSSR count). The SMILES string of the molecule is CCC[C@H]1CC[C@H](C2CCC(C(F)(F)Oc3ccc(OC)c(C(F)(F)F)c3C(F)(F)F)CC2)CC1. The van der Waals surface area contributed by atoms with E-state index in [-0.39, 0.29) is 18.8 Å². The average Bonchev–Trinajstić information content (AvgIpc) is 2.78. The molecule has 2 aliphatic rings. The molecule has 0 aromatic heterocycles. The monoisotopic (exact) mass is 516 g/mol. The molecule has 0 aliphatic heterocycles. The molecule has 2 saturated carbocycles. The molecular formula is C25H32F8O2. The van der Waals surface area contributed by atoms with E-state index in [9.17, 15) is 35.1 Å². The van der Waals surface area contributed by atoms with Crippen molar-refractivity contribution in [2.24, 2.45) is 23.7 Å². The fraction of sp³-hybridized carbons (Fsp3) is 0.760. The van der Waals surface area contributed by atoms with Crippen LogP contribution in [0.25, 0.3) is 0 Å². The van der Waals surface area contributed by atoms with Gasteiger partial charge in [0.15, 0.2) is 0 Å². The molecule has 0 unspecified atom stereocenters. The minimum Gasteiger partial charge on any atom is -0.496 e. The number of methoxy groups -OCH3 is 1. The molecule has 1 aromatic rings. The summed E-state index contributed by atoms with van der Waals surface area (Å²) in [7, 11) is 0.772. The summed E-state index contributed by atoms with van der Waals surface area (Å²) in [5, 5.41) is 0. The second kappa shape index (κ2) is 10.7. The normalized spacial score (nSPS) is 26.5. The van der Waals surface area contributed by atoms with Crippen LogP contribution in [0.15, 0.2) is 12.1 Å². The van der Waals surface area contributed by atoms with E-state index < -0.39 is 47.0 Å². The Morgan fingerprint density at radius 1 is 0.714 bits per heavy atom. The fourth-order valence-electron chi connectivity index (χ4n) is 5.90. The first-order chi connectivity index (χ1) is 16.3. The van der Waals surface area contributed by atoms with Crippen molar-refractivity contribution in [2.45, 2.75) is 89.6 Å².